The summed E-state index contributed by atoms with van der Waals surface area (Å²) in [6.07, 6.45) is 2.05. The second kappa shape index (κ2) is 5.99. The number of amides is 1. The molecule has 0 aliphatic heterocycles. The van der Waals surface area contributed by atoms with Crippen molar-refractivity contribution in [1.82, 2.24) is 14.7 Å². The number of hydrogen-bond donors (Lipinski definition) is 1. The fraction of sp³-hybridized carbons (Fsp3) is 0.533. The molecule has 124 valence electrons. The first-order chi connectivity index (χ1) is 10.9. The van der Waals surface area contributed by atoms with Gasteiger partial charge < -0.3 is 5.32 Å². The van der Waals surface area contributed by atoms with Crippen molar-refractivity contribution >= 4 is 22.2 Å². The maximum atomic E-state index is 13.1. The van der Waals surface area contributed by atoms with Gasteiger partial charge in [0, 0.05) is 36.7 Å². The van der Waals surface area contributed by atoms with E-state index in [2.05, 4.69) is 10.3 Å². The predicted molar refractivity (Wildman–Crippen MR) is 83.3 cm³/mol. The van der Waals surface area contributed by atoms with Gasteiger partial charge in [-0.3, -0.25) is 14.0 Å². The minimum atomic E-state index is -2.57. The Morgan fingerprint density at radius 3 is 3.04 bits per heavy atom. The number of nitrogens with zero attached hydrogens (tertiary/aromatic N) is 2. The van der Waals surface area contributed by atoms with E-state index in [1.165, 1.54) is 21.9 Å². The number of aromatic nitrogens is 2. The van der Waals surface area contributed by atoms with E-state index in [1.807, 2.05) is 0 Å². The van der Waals surface area contributed by atoms with E-state index in [9.17, 15) is 18.4 Å². The average Bonchev–Trinajstić information content (AvgIpc) is 3.02. The molecule has 1 unspecified atom stereocenters. The number of carbonyl (C=O) groups excluding carboxylic acids is 1. The van der Waals surface area contributed by atoms with Crippen molar-refractivity contribution in [3.63, 3.8) is 0 Å². The molecule has 8 heteroatoms. The van der Waals surface area contributed by atoms with Gasteiger partial charge in [-0.2, -0.15) is 0 Å². The van der Waals surface area contributed by atoms with Crippen molar-refractivity contribution in [3.05, 3.63) is 33.2 Å². The molecule has 3 rings (SSSR count). The Morgan fingerprint density at radius 1 is 1.57 bits per heavy atom. The molecule has 5 nitrogen and oxygen atoms in total. The van der Waals surface area contributed by atoms with Crippen molar-refractivity contribution in [2.75, 3.05) is 6.54 Å². The van der Waals surface area contributed by atoms with Gasteiger partial charge in [0.25, 0.3) is 11.5 Å². The highest BCUT2D eigenvalue weighted by atomic mass is 32.1. The summed E-state index contributed by atoms with van der Waals surface area (Å²) in [6, 6.07) is 0. The first-order valence-corrected chi connectivity index (χ1v) is 8.37. The number of alkyl halides is 2. The van der Waals surface area contributed by atoms with E-state index < -0.39 is 17.4 Å². The lowest BCUT2D eigenvalue weighted by Gasteiger charge is -2.11. The number of aryl methyl sites for hydroxylation is 1. The van der Waals surface area contributed by atoms with E-state index in [4.69, 9.17) is 0 Å². The monoisotopic (exact) mass is 341 g/mol. The molecule has 1 aliphatic rings. The number of rotatable bonds is 4. The molecule has 0 aromatic carbocycles. The van der Waals surface area contributed by atoms with E-state index in [-0.39, 0.29) is 30.9 Å². The van der Waals surface area contributed by atoms with Crippen molar-refractivity contribution in [1.29, 1.82) is 0 Å². The van der Waals surface area contributed by atoms with E-state index in [0.717, 1.165) is 5.69 Å². The van der Waals surface area contributed by atoms with Crippen LogP contribution in [0.3, 0.4) is 0 Å². The second-order valence-electron chi connectivity index (χ2n) is 5.98. The summed E-state index contributed by atoms with van der Waals surface area (Å²) in [7, 11) is 0. The van der Waals surface area contributed by atoms with Gasteiger partial charge in [-0.05, 0) is 25.7 Å². The molecule has 1 N–H and O–H groups in total. The van der Waals surface area contributed by atoms with E-state index in [1.54, 1.807) is 12.3 Å². The molecule has 1 saturated carbocycles. The minimum absolute atomic E-state index is 0.0271. The number of thiazole rings is 1. The Hall–Kier alpha value is -1.83. The van der Waals surface area contributed by atoms with Gasteiger partial charge in [0.05, 0.1) is 0 Å². The van der Waals surface area contributed by atoms with E-state index in [0.29, 0.717) is 17.8 Å². The molecule has 2 aromatic heterocycles. The lowest BCUT2D eigenvalue weighted by Crippen LogP contribution is -2.32. The molecule has 0 bridgehead atoms. The van der Waals surface area contributed by atoms with Crippen LogP contribution in [0.1, 0.15) is 41.7 Å². The molecular weight excluding hydrogens is 324 g/mol. The second-order valence-corrected chi connectivity index (χ2v) is 6.82. The zero-order valence-electron chi connectivity index (χ0n) is 12.6. The molecule has 2 aromatic rings. The fourth-order valence-corrected chi connectivity index (χ4v) is 3.78. The van der Waals surface area contributed by atoms with Gasteiger partial charge in [0.1, 0.15) is 5.56 Å². The standard InChI is InChI=1S/C15H17F2N3O2S/c1-9-8-23-14-19-7-11(13(22)20(9)14)12(21)18-5-3-10-2-4-15(16,17)6-10/h7-8,10H,2-6H2,1H3,(H,18,21). The molecule has 23 heavy (non-hydrogen) atoms. The molecule has 0 saturated heterocycles. The third kappa shape index (κ3) is 3.26. The summed E-state index contributed by atoms with van der Waals surface area (Å²) in [5.74, 6) is -3.16. The Labute approximate surface area is 135 Å². The third-order valence-corrected chi connectivity index (χ3v) is 5.16. The summed E-state index contributed by atoms with van der Waals surface area (Å²) < 4.78 is 27.6. The lowest BCUT2D eigenvalue weighted by atomic mass is 10.0. The van der Waals surface area contributed by atoms with Crippen LogP contribution >= 0.6 is 11.3 Å². The zero-order valence-corrected chi connectivity index (χ0v) is 13.5. The number of hydrogen-bond acceptors (Lipinski definition) is 4. The maximum Gasteiger partial charge on any atom is 0.271 e. The van der Waals surface area contributed by atoms with Crippen molar-refractivity contribution in [2.45, 2.75) is 38.5 Å². The van der Waals surface area contributed by atoms with Crippen LogP contribution in [0.25, 0.3) is 4.96 Å². The Kier molecular flexibility index (Phi) is 4.18. The number of halogens is 2. The summed E-state index contributed by atoms with van der Waals surface area (Å²) in [6.45, 7) is 2.05. The van der Waals surface area contributed by atoms with Gasteiger partial charge in [0.2, 0.25) is 5.92 Å². The van der Waals surface area contributed by atoms with Gasteiger partial charge in [-0.1, -0.05) is 0 Å². The summed E-state index contributed by atoms with van der Waals surface area (Å²) in [5, 5.41) is 4.43. The number of carbonyl (C=O) groups is 1. The molecule has 2 heterocycles. The van der Waals surface area contributed by atoms with Crippen molar-refractivity contribution in [2.24, 2.45) is 5.92 Å². The molecule has 1 fully saturated rings. The van der Waals surface area contributed by atoms with Gasteiger partial charge >= 0.3 is 0 Å². The summed E-state index contributed by atoms with van der Waals surface area (Å²) >= 11 is 1.33. The molecule has 0 radical (unpaired) electrons. The number of fused-ring (bicyclic) bond motifs is 1. The fourth-order valence-electron chi connectivity index (χ4n) is 2.95. The lowest BCUT2D eigenvalue weighted by molar-refractivity contribution is 0.00478. The molecular formula is C15H17F2N3O2S. The predicted octanol–water partition coefficient (Wildman–Crippen LogP) is 2.62. The average molecular weight is 341 g/mol. The highest BCUT2D eigenvalue weighted by Gasteiger charge is 2.38. The first kappa shape index (κ1) is 16.0. The molecule has 1 amide bonds. The van der Waals surface area contributed by atoms with Crippen LogP contribution in [0.4, 0.5) is 8.78 Å². The summed E-state index contributed by atoms with van der Waals surface area (Å²) in [4.78, 5) is 29.1. The zero-order chi connectivity index (χ0) is 16.6. The minimum Gasteiger partial charge on any atom is -0.352 e. The highest BCUT2D eigenvalue weighted by Crippen LogP contribution is 2.40. The largest absolute Gasteiger partial charge is 0.352 e. The van der Waals surface area contributed by atoms with Crippen LogP contribution < -0.4 is 10.9 Å². The van der Waals surface area contributed by atoms with Gasteiger partial charge in [-0.25, -0.2) is 13.8 Å². The third-order valence-electron chi connectivity index (χ3n) is 4.20. The van der Waals surface area contributed by atoms with Crippen LogP contribution in [-0.2, 0) is 0 Å². The van der Waals surface area contributed by atoms with Gasteiger partial charge in [-0.15, -0.1) is 11.3 Å². The van der Waals surface area contributed by atoms with Crippen LogP contribution in [-0.4, -0.2) is 27.8 Å². The maximum absolute atomic E-state index is 13.1. The Morgan fingerprint density at radius 2 is 2.35 bits per heavy atom. The van der Waals surface area contributed by atoms with Crippen LogP contribution in [0.15, 0.2) is 16.4 Å². The van der Waals surface area contributed by atoms with Gasteiger partial charge in [0.15, 0.2) is 4.96 Å². The SMILES string of the molecule is Cc1csc2ncc(C(=O)NCCC3CCC(F)(F)C3)c(=O)n12. The highest BCUT2D eigenvalue weighted by molar-refractivity contribution is 7.15. The molecule has 1 aliphatic carbocycles. The van der Waals surface area contributed by atoms with Crippen molar-refractivity contribution in [3.8, 4) is 0 Å². The normalized spacial score (nSPS) is 20.0. The molecule has 0 spiro atoms. The van der Waals surface area contributed by atoms with Crippen LogP contribution in [0.2, 0.25) is 0 Å². The van der Waals surface area contributed by atoms with Crippen LogP contribution in [0.5, 0.6) is 0 Å². The number of nitrogens with one attached hydrogen (secondary N) is 1. The Bertz CT molecular complexity index is 800. The topological polar surface area (TPSA) is 63.5 Å². The molecule has 1 atom stereocenters. The van der Waals surface area contributed by atoms with Crippen molar-refractivity contribution < 1.29 is 13.6 Å². The summed E-state index contributed by atoms with van der Waals surface area (Å²) in [5.41, 5.74) is 0.296. The first-order valence-electron chi connectivity index (χ1n) is 7.49. The van der Waals surface area contributed by atoms with E-state index >= 15 is 0 Å². The smallest absolute Gasteiger partial charge is 0.271 e. The Balaban J connectivity index is 1.64. The quantitative estimate of drug-likeness (QED) is 0.930. The van der Waals surface area contributed by atoms with Crippen LogP contribution in [0, 0.1) is 12.8 Å².